The fourth-order valence-electron chi connectivity index (χ4n) is 2.13. The molecule has 1 heterocycles. The van der Waals surface area contributed by atoms with Gasteiger partial charge in [0.25, 0.3) is 0 Å². The third-order valence-corrected chi connectivity index (χ3v) is 4.89. The van der Waals surface area contributed by atoms with Crippen molar-refractivity contribution in [3.8, 4) is 0 Å². The molecule has 0 aromatic rings. The van der Waals surface area contributed by atoms with Gasteiger partial charge in [-0.25, -0.2) is 8.42 Å². The Hall–Kier alpha value is -0.830. The fraction of sp³-hybridized carbons (Fsp3) is 0.455. The minimum Gasteiger partial charge on any atom is -0.228 e. The summed E-state index contributed by atoms with van der Waals surface area (Å²) >= 11 is 0. The summed E-state index contributed by atoms with van der Waals surface area (Å²) < 4.78 is 23.6. The highest BCUT2D eigenvalue weighted by molar-refractivity contribution is 7.92. The lowest BCUT2D eigenvalue weighted by atomic mass is 9.91. The van der Waals surface area contributed by atoms with Crippen molar-refractivity contribution in [3.63, 3.8) is 0 Å². The quantitative estimate of drug-likeness (QED) is 0.572. The highest BCUT2D eigenvalue weighted by Crippen LogP contribution is 2.37. The Kier molecular flexibility index (Phi) is 2.14. The van der Waals surface area contributed by atoms with Gasteiger partial charge in [0.15, 0.2) is 9.84 Å². The summed E-state index contributed by atoms with van der Waals surface area (Å²) in [6, 6.07) is 0. The third-order valence-electron chi connectivity index (χ3n) is 2.90. The van der Waals surface area contributed by atoms with E-state index in [9.17, 15) is 8.42 Å². The molecule has 14 heavy (non-hydrogen) atoms. The van der Waals surface area contributed by atoms with Gasteiger partial charge in [-0.2, -0.15) is 0 Å². The van der Waals surface area contributed by atoms with Gasteiger partial charge in [0.05, 0.1) is 11.0 Å². The van der Waals surface area contributed by atoms with Gasteiger partial charge in [0, 0.05) is 5.92 Å². The van der Waals surface area contributed by atoms with Gasteiger partial charge >= 0.3 is 0 Å². The number of rotatable bonds is 0. The molecule has 76 valence electrons. The SMILES string of the molecule is CC(C)=C1CS(=O)(=O)C2C=CC=CC12. The number of hydrogen-bond acceptors (Lipinski definition) is 2. The van der Waals surface area contributed by atoms with Gasteiger partial charge < -0.3 is 0 Å². The van der Waals surface area contributed by atoms with E-state index in [0.29, 0.717) is 0 Å². The standard InChI is InChI=1S/C11H14O2S/c1-8(2)10-7-14(12,13)11-6-4-3-5-9(10)11/h3-6,9,11H,7H2,1-2H3. The third kappa shape index (κ3) is 1.36. The molecule has 0 radical (unpaired) electrons. The maximum Gasteiger partial charge on any atom is 0.161 e. The van der Waals surface area contributed by atoms with E-state index in [0.717, 1.165) is 11.1 Å². The zero-order valence-electron chi connectivity index (χ0n) is 8.40. The Balaban J connectivity index is 2.54. The van der Waals surface area contributed by atoms with Crippen LogP contribution in [0.1, 0.15) is 13.8 Å². The van der Waals surface area contributed by atoms with Crippen LogP contribution in [0.4, 0.5) is 0 Å². The molecule has 0 aromatic carbocycles. The summed E-state index contributed by atoms with van der Waals surface area (Å²) in [6.07, 6.45) is 7.56. The van der Waals surface area contributed by atoms with E-state index in [1.165, 1.54) is 0 Å². The number of sulfone groups is 1. The number of fused-ring (bicyclic) bond motifs is 1. The molecule has 0 aromatic heterocycles. The smallest absolute Gasteiger partial charge is 0.161 e. The van der Waals surface area contributed by atoms with Gasteiger partial charge in [-0.15, -0.1) is 0 Å². The van der Waals surface area contributed by atoms with Crippen molar-refractivity contribution in [3.05, 3.63) is 35.5 Å². The van der Waals surface area contributed by atoms with E-state index in [-0.39, 0.29) is 16.9 Å². The molecule has 0 amide bonds. The van der Waals surface area contributed by atoms with E-state index in [2.05, 4.69) is 0 Å². The van der Waals surface area contributed by atoms with Crippen LogP contribution < -0.4 is 0 Å². The van der Waals surface area contributed by atoms with E-state index >= 15 is 0 Å². The van der Waals surface area contributed by atoms with Crippen molar-refractivity contribution in [2.75, 3.05) is 5.75 Å². The Morgan fingerprint density at radius 2 is 1.93 bits per heavy atom. The minimum absolute atomic E-state index is 0.0926. The van der Waals surface area contributed by atoms with E-state index in [1.807, 2.05) is 32.1 Å². The lowest BCUT2D eigenvalue weighted by Gasteiger charge is -2.15. The second-order valence-corrected chi connectivity index (χ2v) is 6.25. The summed E-state index contributed by atoms with van der Waals surface area (Å²) in [7, 11) is -2.94. The second-order valence-electron chi connectivity index (χ2n) is 4.09. The summed E-state index contributed by atoms with van der Waals surface area (Å²) in [5, 5.41) is -0.308. The van der Waals surface area contributed by atoms with Crippen LogP contribution in [0, 0.1) is 5.92 Å². The molecule has 1 fully saturated rings. The van der Waals surface area contributed by atoms with Gasteiger partial charge in [0.1, 0.15) is 0 Å². The summed E-state index contributed by atoms with van der Waals surface area (Å²) in [6.45, 7) is 3.97. The van der Waals surface area contributed by atoms with Crippen LogP contribution in [0.5, 0.6) is 0 Å². The Morgan fingerprint density at radius 3 is 2.57 bits per heavy atom. The Morgan fingerprint density at radius 1 is 1.29 bits per heavy atom. The molecule has 2 unspecified atom stereocenters. The highest BCUT2D eigenvalue weighted by atomic mass is 32.2. The van der Waals surface area contributed by atoms with E-state index < -0.39 is 9.84 Å². The number of hydrogen-bond donors (Lipinski definition) is 0. The molecule has 0 saturated carbocycles. The first-order valence-corrected chi connectivity index (χ1v) is 6.47. The zero-order chi connectivity index (χ0) is 10.3. The van der Waals surface area contributed by atoms with Crippen LogP contribution >= 0.6 is 0 Å². The van der Waals surface area contributed by atoms with Crippen LogP contribution in [-0.2, 0) is 9.84 Å². The molecule has 1 aliphatic heterocycles. The first kappa shape index (κ1) is 9.71. The Bertz CT molecular complexity index is 434. The molecule has 0 bridgehead atoms. The second kappa shape index (κ2) is 3.09. The average Bonchev–Trinajstić information content (AvgIpc) is 2.40. The first-order chi connectivity index (χ1) is 6.52. The van der Waals surface area contributed by atoms with Crippen molar-refractivity contribution >= 4 is 9.84 Å². The molecule has 2 atom stereocenters. The molecule has 2 rings (SSSR count). The summed E-state index contributed by atoms with van der Waals surface area (Å²) in [5.74, 6) is 0.328. The van der Waals surface area contributed by atoms with Crippen LogP contribution in [0.15, 0.2) is 35.5 Å². The van der Waals surface area contributed by atoms with Crippen molar-refractivity contribution in [2.45, 2.75) is 19.1 Å². The Labute approximate surface area is 84.9 Å². The molecular weight excluding hydrogens is 196 g/mol. The maximum absolute atomic E-state index is 11.8. The summed E-state index contributed by atoms with van der Waals surface area (Å²) in [4.78, 5) is 0. The molecule has 0 N–H and O–H groups in total. The molecule has 0 spiro atoms. The topological polar surface area (TPSA) is 34.1 Å². The van der Waals surface area contributed by atoms with Crippen molar-refractivity contribution in [1.82, 2.24) is 0 Å². The van der Waals surface area contributed by atoms with Crippen molar-refractivity contribution in [1.29, 1.82) is 0 Å². The lowest BCUT2D eigenvalue weighted by Crippen LogP contribution is -2.20. The summed E-state index contributed by atoms with van der Waals surface area (Å²) in [5.41, 5.74) is 2.22. The van der Waals surface area contributed by atoms with Gasteiger partial charge in [0.2, 0.25) is 0 Å². The van der Waals surface area contributed by atoms with Crippen LogP contribution in [0.25, 0.3) is 0 Å². The van der Waals surface area contributed by atoms with Crippen LogP contribution in [0.2, 0.25) is 0 Å². The highest BCUT2D eigenvalue weighted by Gasteiger charge is 2.41. The predicted molar refractivity (Wildman–Crippen MR) is 57.7 cm³/mol. The monoisotopic (exact) mass is 210 g/mol. The molecule has 2 nitrogen and oxygen atoms in total. The average molecular weight is 210 g/mol. The minimum atomic E-state index is -2.94. The normalized spacial score (nSPS) is 33.1. The van der Waals surface area contributed by atoms with Crippen LogP contribution in [0.3, 0.4) is 0 Å². The largest absolute Gasteiger partial charge is 0.228 e. The zero-order valence-corrected chi connectivity index (χ0v) is 9.21. The molecule has 1 saturated heterocycles. The van der Waals surface area contributed by atoms with Gasteiger partial charge in [-0.05, 0) is 19.4 Å². The van der Waals surface area contributed by atoms with Gasteiger partial charge in [-0.3, -0.25) is 0 Å². The lowest BCUT2D eigenvalue weighted by molar-refractivity contribution is 0.592. The first-order valence-electron chi connectivity index (χ1n) is 4.75. The van der Waals surface area contributed by atoms with Crippen molar-refractivity contribution < 1.29 is 8.42 Å². The predicted octanol–water partition coefficient (Wildman–Crippen LogP) is 1.86. The van der Waals surface area contributed by atoms with Crippen LogP contribution in [-0.4, -0.2) is 19.4 Å². The van der Waals surface area contributed by atoms with Crippen molar-refractivity contribution in [2.24, 2.45) is 5.92 Å². The molecular formula is C11H14O2S. The van der Waals surface area contributed by atoms with E-state index in [4.69, 9.17) is 0 Å². The molecule has 1 aliphatic carbocycles. The molecule has 2 aliphatic rings. The van der Waals surface area contributed by atoms with E-state index in [1.54, 1.807) is 6.08 Å². The fourth-order valence-corrected chi connectivity index (χ4v) is 4.27. The molecule has 3 heteroatoms. The van der Waals surface area contributed by atoms with Gasteiger partial charge in [-0.1, -0.05) is 29.9 Å². The maximum atomic E-state index is 11.8. The number of allylic oxidation sites excluding steroid dienone is 4.